The fourth-order valence-electron chi connectivity index (χ4n) is 1.84. The summed E-state index contributed by atoms with van der Waals surface area (Å²) in [6.07, 6.45) is 1.19. The van der Waals surface area contributed by atoms with Crippen molar-refractivity contribution in [2.45, 2.75) is 0 Å². The van der Waals surface area contributed by atoms with Crippen LogP contribution in [-0.4, -0.2) is 49.8 Å². The largest absolute Gasteiger partial charge is 0.478 e. The van der Waals surface area contributed by atoms with Crippen LogP contribution in [0.1, 0.15) is 10.4 Å². The lowest BCUT2D eigenvalue weighted by atomic mass is 10.2. The average Bonchev–Trinajstić information content (AvgIpc) is 2.38. The van der Waals surface area contributed by atoms with Gasteiger partial charge in [0.05, 0.1) is 17.3 Å². The Balaban J connectivity index is 2.36. The number of anilines is 1. The van der Waals surface area contributed by atoms with E-state index in [1.54, 1.807) is 4.90 Å². The van der Waals surface area contributed by atoms with Gasteiger partial charge in [-0.3, -0.25) is 4.21 Å². The van der Waals surface area contributed by atoms with Crippen LogP contribution in [0, 0.1) is 10.1 Å². The summed E-state index contributed by atoms with van der Waals surface area (Å²) in [5, 5.41) is 19.7. The molecule has 1 aromatic heterocycles. The van der Waals surface area contributed by atoms with Crippen LogP contribution < -0.4 is 4.90 Å². The summed E-state index contributed by atoms with van der Waals surface area (Å²) in [6.45, 7) is 0.902. The Morgan fingerprint density at radius 2 is 2.11 bits per heavy atom. The summed E-state index contributed by atoms with van der Waals surface area (Å²) in [5.74, 6) is -0.833. The van der Waals surface area contributed by atoms with Crippen molar-refractivity contribution < 1.29 is 19.0 Å². The van der Waals surface area contributed by atoms with Crippen LogP contribution in [0.2, 0.25) is 0 Å². The lowest BCUT2D eigenvalue weighted by molar-refractivity contribution is -0.389. The molecule has 19 heavy (non-hydrogen) atoms. The van der Waals surface area contributed by atoms with Gasteiger partial charge in [-0.05, 0) is 9.91 Å². The number of hydrogen-bond acceptors (Lipinski definition) is 6. The van der Waals surface area contributed by atoms with E-state index in [-0.39, 0.29) is 5.56 Å². The zero-order valence-corrected chi connectivity index (χ0v) is 10.6. The SMILES string of the molecule is O=C(O)c1cc([N+](=O)[O-])ncc1N1CCS(=O)CC1. The summed E-state index contributed by atoms with van der Waals surface area (Å²) in [6, 6.07) is 0.948. The molecule has 0 aliphatic carbocycles. The van der Waals surface area contributed by atoms with Gasteiger partial charge in [0, 0.05) is 35.4 Å². The summed E-state index contributed by atoms with van der Waals surface area (Å²) < 4.78 is 11.3. The fourth-order valence-corrected chi connectivity index (χ4v) is 2.89. The molecule has 102 valence electrons. The molecule has 0 atom stereocenters. The summed E-state index contributed by atoms with van der Waals surface area (Å²) in [5.41, 5.74) is 0.171. The predicted octanol–water partition coefficient (Wildman–Crippen LogP) is 0.257. The smallest absolute Gasteiger partial charge is 0.364 e. The number of nitrogens with zero attached hydrogens (tertiary/aromatic N) is 3. The first-order chi connectivity index (χ1) is 8.99. The molecule has 0 unspecified atom stereocenters. The van der Waals surface area contributed by atoms with Crippen molar-refractivity contribution in [2.75, 3.05) is 29.5 Å². The van der Waals surface area contributed by atoms with Gasteiger partial charge in [0.2, 0.25) is 0 Å². The van der Waals surface area contributed by atoms with E-state index in [1.807, 2.05) is 0 Å². The Morgan fingerprint density at radius 3 is 2.63 bits per heavy atom. The second kappa shape index (κ2) is 5.31. The van der Waals surface area contributed by atoms with Gasteiger partial charge in [-0.1, -0.05) is 0 Å². The summed E-state index contributed by atoms with van der Waals surface area (Å²) in [4.78, 5) is 26.4. The maximum atomic E-state index is 11.3. The Hall–Kier alpha value is -2.03. The predicted molar refractivity (Wildman–Crippen MR) is 67.9 cm³/mol. The molecule has 2 rings (SSSR count). The highest BCUT2D eigenvalue weighted by molar-refractivity contribution is 7.85. The van der Waals surface area contributed by atoms with Crippen LogP contribution >= 0.6 is 0 Å². The van der Waals surface area contributed by atoms with E-state index >= 15 is 0 Å². The third-order valence-corrected chi connectivity index (χ3v) is 4.08. The number of carboxylic acids is 1. The van der Waals surface area contributed by atoms with Gasteiger partial charge in [-0.15, -0.1) is 0 Å². The van der Waals surface area contributed by atoms with E-state index in [0.717, 1.165) is 6.07 Å². The number of carbonyl (C=O) groups is 1. The molecule has 0 saturated carbocycles. The van der Waals surface area contributed by atoms with E-state index in [4.69, 9.17) is 5.11 Å². The molecule has 1 aliphatic rings. The monoisotopic (exact) mass is 285 g/mol. The van der Waals surface area contributed by atoms with Crippen molar-refractivity contribution in [1.82, 2.24) is 4.98 Å². The van der Waals surface area contributed by atoms with Crippen molar-refractivity contribution in [2.24, 2.45) is 0 Å². The molecule has 1 aliphatic heterocycles. The van der Waals surface area contributed by atoms with Crippen LogP contribution in [0.15, 0.2) is 12.3 Å². The highest BCUT2D eigenvalue weighted by atomic mass is 32.2. The van der Waals surface area contributed by atoms with Crippen LogP contribution in [0.4, 0.5) is 11.5 Å². The van der Waals surface area contributed by atoms with Gasteiger partial charge in [0.1, 0.15) is 0 Å². The van der Waals surface area contributed by atoms with Crippen LogP contribution in [0.5, 0.6) is 0 Å². The van der Waals surface area contributed by atoms with Crippen molar-refractivity contribution >= 4 is 28.3 Å². The standard InChI is InChI=1S/C10H11N3O5S/c14-10(15)7-5-9(13(16)17)11-6-8(7)12-1-3-19(18)4-2-12/h5-6H,1-4H2,(H,14,15). The van der Waals surface area contributed by atoms with Gasteiger partial charge >= 0.3 is 11.8 Å². The molecule has 1 aromatic rings. The molecule has 1 N–H and O–H groups in total. The molecule has 0 spiro atoms. The lowest BCUT2D eigenvalue weighted by Gasteiger charge is -2.28. The highest BCUT2D eigenvalue weighted by Crippen LogP contribution is 2.24. The Labute approximate surface area is 110 Å². The number of aromatic carboxylic acids is 1. The Bertz CT molecular complexity index is 552. The summed E-state index contributed by atoms with van der Waals surface area (Å²) >= 11 is 0. The van der Waals surface area contributed by atoms with E-state index in [1.165, 1.54) is 6.20 Å². The van der Waals surface area contributed by atoms with Crippen LogP contribution in [0.3, 0.4) is 0 Å². The second-order valence-corrected chi connectivity index (χ2v) is 5.65. The zero-order chi connectivity index (χ0) is 14.0. The molecule has 0 amide bonds. The van der Waals surface area contributed by atoms with Crippen LogP contribution in [0.25, 0.3) is 0 Å². The molecule has 1 fully saturated rings. The third kappa shape index (κ3) is 2.87. The highest BCUT2D eigenvalue weighted by Gasteiger charge is 2.24. The molecule has 2 heterocycles. The number of hydrogen-bond donors (Lipinski definition) is 1. The molecular weight excluding hydrogens is 274 g/mol. The van der Waals surface area contributed by atoms with Crippen molar-refractivity contribution in [1.29, 1.82) is 0 Å². The molecule has 9 heteroatoms. The minimum atomic E-state index is -1.24. The zero-order valence-electron chi connectivity index (χ0n) is 9.81. The number of nitro groups is 1. The summed E-state index contributed by atoms with van der Waals surface area (Å²) in [7, 11) is -0.881. The normalized spacial score (nSPS) is 16.3. The molecule has 0 aromatic carbocycles. The number of pyridine rings is 1. The van der Waals surface area contributed by atoms with Gasteiger partial charge in [-0.25, -0.2) is 4.79 Å². The Kier molecular flexibility index (Phi) is 3.74. The quantitative estimate of drug-likeness (QED) is 0.625. The minimum Gasteiger partial charge on any atom is -0.478 e. The molecule has 0 radical (unpaired) electrons. The van der Waals surface area contributed by atoms with Gasteiger partial charge in [0.15, 0.2) is 6.20 Å². The topological polar surface area (TPSA) is 114 Å². The first-order valence-corrected chi connectivity index (χ1v) is 6.95. The second-order valence-electron chi connectivity index (χ2n) is 3.96. The van der Waals surface area contributed by atoms with E-state index in [9.17, 15) is 19.1 Å². The van der Waals surface area contributed by atoms with E-state index in [2.05, 4.69) is 4.98 Å². The van der Waals surface area contributed by atoms with E-state index < -0.39 is 27.5 Å². The molecular formula is C10H11N3O5S. The number of aromatic nitrogens is 1. The van der Waals surface area contributed by atoms with Crippen molar-refractivity contribution in [3.63, 3.8) is 0 Å². The average molecular weight is 285 g/mol. The molecule has 1 saturated heterocycles. The van der Waals surface area contributed by atoms with Gasteiger partial charge < -0.3 is 20.1 Å². The number of rotatable bonds is 3. The molecule has 8 nitrogen and oxygen atoms in total. The minimum absolute atomic E-state index is 0.158. The van der Waals surface area contributed by atoms with Crippen molar-refractivity contribution in [3.05, 3.63) is 27.9 Å². The molecule has 0 bridgehead atoms. The Morgan fingerprint density at radius 1 is 1.47 bits per heavy atom. The fraction of sp³-hybridized carbons (Fsp3) is 0.400. The maximum Gasteiger partial charge on any atom is 0.364 e. The first-order valence-electron chi connectivity index (χ1n) is 5.46. The van der Waals surface area contributed by atoms with Gasteiger partial charge in [-0.2, -0.15) is 0 Å². The lowest BCUT2D eigenvalue weighted by Crippen LogP contribution is -2.38. The van der Waals surface area contributed by atoms with Gasteiger partial charge in [0.25, 0.3) is 0 Å². The first kappa shape index (κ1) is 13.4. The van der Waals surface area contributed by atoms with E-state index in [0.29, 0.717) is 30.3 Å². The van der Waals surface area contributed by atoms with Crippen molar-refractivity contribution in [3.8, 4) is 0 Å². The number of carboxylic acid groups (broad SMARTS) is 1. The van der Waals surface area contributed by atoms with Crippen LogP contribution in [-0.2, 0) is 10.8 Å². The maximum absolute atomic E-state index is 11.3. The third-order valence-electron chi connectivity index (χ3n) is 2.80.